The van der Waals surface area contributed by atoms with Gasteiger partial charge in [-0.2, -0.15) is 0 Å². The van der Waals surface area contributed by atoms with Crippen molar-refractivity contribution in [3.05, 3.63) is 83.3 Å². The van der Waals surface area contributed by atoms with Gasteiger partial charge in [-0.3, -0.25) is 9.55 Å². The zero-order chi connectivity index (χ0) is 18.6. The zero-order valence-electron chi connectivity index (χ0n) is 14.0. The number of benzene rings is 1. The fraction of sp³-hybridized carbons (Fsp3) is 0.105. The van der Waals surface area contributed by atoms with Crippen LogP contribution in [0.15, 0.2) is 70.7 Å². The Balaban J connectivity index is 1.67. The predicted octanol–water partition coefficient (Wildman–Crippen LogP) is 5.07. The van der Waals surface area contributed by atoms with Gasteiger partial charge in [0, 0.05) is 34.3 Å². The van der Waals surface area contributed by atoms with Crippen molar-refractivity contribution in [3.8, 4) is 11.4 Å². The molecule has 0 fully saturated rings. The van der Waals surface area contributed by atoms with Crippen LogP contribution in [0.3, 0.4) is 0 Å². The molecule has 0 atom stereocenters. The van der Waals surface area contributed by atoms with Gasteiger partial charge in [-0.05, 0) is 36.4 Å². The van der Waals surface area contributed by atoms with Crippen LogP contribution in [0.1, 0.15) is 11.3 Å². The van der Waals surface area contributed by atoms with E-state index in [-0.39, 0.29) is 5.82 Å². The van der Waals surface area contributed by atoms with Crippen LogP contribution in [0.4, 0.5) is 4.39 Å². The number of pyridine rings is 1. The van der Waals surface area contributed by atoms with Crippen LogP contribution in [-0.4, -0.2) is 19.7 Å². The van der Waals surface area contributed by atoms with E-state index in [0.717, 1.165) is 11.3 Å². The Morgan fingerprint density at radius 2 is 2.04 bits per heavy atom. The molecule has 0 N–H and O–H groups in total. The summed E-state index contributed by atoms with van der Waals surface area (Å²) in [6.45, 7) is 0.456. The van der Waals surface area contributed by atoms with E-state index in [2.05, 4.69) is 15.2 Å². The summed E-state index contributed by atoms with van der Waals surface area (Å²) in [5, 5.41) is 9.63. The first kappa shape index (κ1) is 17.8. The molecule has 136 valence electrons. The Hall–Kier alpha value is -2.64. The highest BCUT2D eigenvalue weighted by Crippen LogP contribution is 2.30. The Morgan fingerprint density at radius 1 is 1.11 bits per heavy atom. The quantitative estimate of drug-likeness (QED) is 0.423. The summed E-state index contributed by atoms with van der Waals surface area (Å²) in [5.41, 5.74) is 1.28. The summed E-state index contributed by atoms with van der Waals surface area (Å²) in [6, 6.07) is 12.1. The average Bonchev–Trinajstić information content (AvgIpc) is 3.33. The lowest BCUT2D eigenvalue weighted by atomic mass is 10.2. The number of furan rings is 1. The fourth-order valence-corrected chi connectivity index (χ4v) is 3.89. The number of hydrogen-bond acceptors (Lipinski definition) is 5. The van der Waals surface area contributed by atoms with Gasteiger partial charge in [0.05, 0.1) is 12.8 Å². The molecule has 5 nitrogen and oxygen atoms in total. The molecule has 0 radical (unpaired) electrons. The van der Waals surface area contributed by atoms with Gasteiger partial charge in [0.15, 0.2) is 11.0 Å². The molecule has 3 heterocycles. The third-order valence-corrected chi connectivity index (χ3v) is 5.29. The second-order valence-electron chi connectivity index (χ2n) is 5.70. The van der Waals surface area contributed by atoms with E-state index < -0.39 is 0 Å². The molecule has 0 spiro atoms. The Bertz CT molecular complexity index is 1020. The van der Waals surface area contributed by atoms with Crippen LogP contribution in [-0.2, 0) is 12.3 Å². The predicted molar refractivity (Wildman–Crippen MR) is 102 cm³/mol. The van der Waals surface area contributed by atoms with Crippen LogP contribution in [0.25, 0.3) is 11.4 Å². The van der Waals surface area contributed by atoms with E-state index >= 15 is 0 Å². The van der Waals surface area contributed by atoms with Crippen LogP contribution in [0.2, 0.25) is 5.02 Å². The Kier molecular flexibility index (Phi) is 5.22. The van der Waals surface area contributed by atoms with Gasteiger partial charge >= 0.3 is 0 Å². The number of hydrogen-bond donors (Lipinski definition) is 0. The van der Waals surface area contributed by atoms with Crippen LogP contribution < -0.4 is 0 Å². The summed E-state index contributed by atoms with van der Waals surface area (Å²) >= 11 is 7.50. The summed E-state index contributed by atoms with van der Waals surface area (Å²) in [7, 11) is 0. The van der Waals surface area contributed by atoms with Gasteiger partial charge in [0.2, 0.25) is 0 Å². The van der Waals surface area contributed by atoms with Crippen LogP contribution >= 0.6 is 23.4 Å². The normalized spacial score (nSPS) is 11.0. The molecular weight excluding hydrogens is 387 g/mol. The highest BCUT2D eigenvalue weighted by atomic mass is 35.5. The maximum atomic E-state index is 14.1. The first-order chi connectivity index (χ1) is 13.2. The minimum atomic E-state index is -0.334. The van der Waals surface area contributed by atoms with Crippen molar-refractivity contribution in [2.75, 3.05) is 0 Å². The van der Waals surface area contributed by atoms with E-state index in [1.165, 1.54) is 17.8 Å². The van der Waals surface area contributed by atoms with Crippen molar-refractivity contribution in [2.45, 2.75) is 17.5 Å². The lowest BCUT2D eigenvalue weighted by Crippen LogP contribution is -2.04. The lowest BCUT2D eigenvalue weighted by Gasteiger charge is -2.09. The number of thioether (sulfide) groups is 1. The van der Waals surface area contributed by atoms with E-state index in [4.69, 9.17) is 16.0 Å². The smallest absolute Gasteiger partial charge is 0.192 e. The first-order valence-electron chi connectivity index (χ1n) is 8.14. The highest BCUT2D eigenvalue weighted by Gasteiger charge is 2.17. The number of halogens is 2. The lowest BCUT2D eigenvalue weighted by molar-refractivity contribution is 0.485. The molecule has 4 rings (SSSR count). The largest absolute Gasteiger partial charge is 0.467 e. The van der Waals surface area contributed by atoms with Crippen molar-refractivity contribution in [1.82, 2.24) is 19.7 Å². The molecule has 1 aromatic carbocycles. The van der Waals surface area contributed by atoms with Crippen LogP contribution in [0.5, 0.6) is 0 Å². The van der Waals surface area contributed by atoms with Crippen molar-refractivity contribution in [1.29, 1.82) is 0 Å². The summed E-state index contributed by atoms with van der Waals surface area (Å²) < 4.78 is 21.5. The van der Waals surface area contributed by atoms with Gasteiger partial charge in [0.1, 0.15) is 11.6 Å². The van der Waals surface area contributed by atoms with Gasteiger partial charge in [-0.15, -0.1) is 10.2 Å². The molecule has 27 heavy (non-hydrogen) atoms. The maximum Gasteiger partial charge on any atom is 0.192 e. The van der Waals surface area contributed by atoms with E-state index in [1.54, 1.807) is 30.8 Å². The molecule has 0 saturated carbocycles. The molecule has 0 amide bonds. The van der Waals surface area contributed by atoms with Crippen molar-refractivity contribution >= 4 is 23.4 Å². The zero-order valence-corrected chi connectivity index (χ0v) is 15.6. The molecule has 0 aliphatic carbocycles. The first-order valence-corrected chi connectivity index (χ1v) is 9.50. The fourth-order valence-electron chi connectivity index (χ4n) is 2.61. The highest BCUT2D eigenvalue weighted by molar-refractivity contribution is 7.98. The molecule has 0 unspecified atom stereocenters. The summed E-state index contributed by atoms with van der Waals surface area (Å²) in [5.74, 6) is 1.45. The molecular formula is C19H14ClFN4OS. The Morgan fingerprint density at radius 3 is 2.78 bits per heavy atom. The standard InChI is InChI=1S/C19H14ClFN4OS/c20-16-6-1-7-17(21)15(16)12-27-19-24-23-18(13-4-2-8-22-10-13)25(19)11-14-5-3-9-26-14/h1-10H,11-12H2. The second kappa shape index (κ2) is 7.94. The van der Waals surface area contributed by atoms with E-state index in [9.17, 15) is 4.39 Å². The Labute approximate surface area is 164 Å². The second-order valence-corrected chi connectivity index (χ2v) is 7.05. The van der Waals surface area contributed by atoms with E-state index in [0.29, 0.717) is 33.9 Å². The van der Waals surface area contributed by atoms with Gasteiger partial charge in [0.25, 0.3) is 0 Å². The molecule has 0 bridgehead atoms. The minimum absolute atomic E-state index is 0.334. The van der Waals surface area contributed by atoms with Crippen molar-refractivity contribution in [3.63, 3.8) is 0 Å². The van der Waals surface area contributed by atoms with Crippen molar-refractivity contribution in [2.24, 2.45) is 0 Å². The molecule has 0 saturated heterocycles. The number of aromatic nitrogens is 4. The number of rotatable bonds is 6. The monoisotopic (exact) mass is 400 g/mol. The van der Waals surface area contributed by atoms with Crippen LogP contribution in [0, 0.1) is 5.82 Å². The van der Waals surface area contributed by atoms with E-state index in [1.807, 2.05) is 28.8 Å². The minimum Gasteiger partial charge on any atom is -0.467 e. The summed E-state index contributed by atoms with van der Waals surface area (Å²) in [6.07, 6.45) is 5.05. The molecule has 4 aromatic rings. The van der Waals surface area contributed by atoms with Gasteiger partial charge in [-0.25, -0.2) is 4.39 Å². The maximum absolute atomic E-state index is 14.1. The summed E-state index contributed by atoms with van der Waals surface area (Å²) in [4.78, 5) is 4.15. The average molecular weight is 401 g/mol. The third-order valence-electron chi connectivity index (χ3n) is 3.94. The molecule has 8 heteroatoms. The molecule has 0 aliphatic heterocycles. The SMILES string of the molecule is Fc1cccc(Cl)c1CSc1nnc(-c2cccnc2)n1Cc1ccco1. The van der Waals surface area contributed by atoms with Crippen molar-refractivity contribution < 1.29 is 8.81 Å². The van der Waals surface area contributed by atoms with Gasteiger partial charge < -0.3 is 4.42 Å². The molecule has 0 aliphatic rings. The topological polar surface area (TPSA) is 56.7 Å². The molecule has 3 aromatic heterocycles. The van der Waals surface area contributed by atoms with Gasteiger partial charge in [-0.1, -0.05) is 29.4 Å². The number of nitrogens with zero attached hydrogens (tertiary/aromatic N) is 4. The third kappa shape index (κ3) is 3.89.